The van der Waals surface area contributed by atoms with Gasteiger partial charge in [0.2, 0.25) is 0 Å². The SMILES string of the molecule is COc1ccc([C@]2(N)C(=O)N(C(c3ccccc3)(c3ccccc3)c3ccccc3)c3ccc(OC(F)(F)F)cc32)cc1. The number of benzene rings is 5. The Balaban J connectivity index is 1.71. The second-order valence-electron chi connectivity index (χ2n) is 10.2. The van der Waals surface area contributed by atoms with Crippen LogP contribution in [0.5, 0.6) is 11.5 Å². The highest BCUT2D eigenvalue weighted by Gasteiger charge is 2.58. The van der Waals surface area contributed by atoms with E-state index in [9.17, 15) is 13.2 Å². The van der Waals surface area contributed by atoms with E-state index in [0.29, 0.717) is 17.0 Å². The van der Waals surface area contributed by atoms with Gasteiger partial charge in [-0.05, 0) is 52.6 Å². The van der Waals surface area contributed by atoms with Crippen LogP contribution in [0, 0.1) is 0 Å². The molecule has 8 heteroatoms. The molecule has 6 rings (SSSR count). The van der Waals surface area contributed by atoms with Gasteiger partial charge >= 0.3 is 6.36 Å². The number of ether oxygens (including phenoxy) is 2. The monoisotopic (exact) mass is 580 g/mol. The minimum absolute atomic E-state index is 0.177. The summed E-state index contributed by atoms with van der Waals surface area (Å²) >= 11 is 0. The molecule has 2 N–H and O–H groups in total. The number of hydrogen-bond acceptors (Lipinski definition) is 4. The predicted octanol–water partition coefficient (Wildman–Crippen LogP) is 7.13. The number of halogens is 3. The van der Waals surface area contributed by atoms with Crippen molar-refractivity contribution in [3.63, 3.8) is 0 Å². The smallest absolute Gasteiger partial charge is 0.497 e. The fourth-order valence-electron chi connectivity index (χ4n) is 6.02. The highest BCUT2D eigenvalue weighted by Crippen LogP contribution is 2.54. The van der Waals surface area contributed by atoms with Gasteiger partial charge in [0.1, 0.15) is 22.6 Å². The molecule has 0 unspecified atom stereocenters. The van der Waals surface area contributed by atoms with Crippen molar-refractivity contribution in [1.29, 1.82) is 0 Å². The molecule has 1 aliphatic rings. The van der Waals surface area contributed by atoms with Gasteiger partial charge in [-0.25, -0.2) is 0 Å². The average molecular weight is 581 g/mol. The van der Waals surface area contributed by atoms with Crippen LogP contribution in [0.3, 0.4) is 0 Å². The van der Waals surface area contributed by atoms with Gasteiger partial charge in [0.05, 0.1) is 12.8 Å². The Bertz CT molecular complexity index is 1650. The summed E-state index contributed by atoms with van der Waals surface area (Å²) in [6.07, 6.45) is -4.93. The first kappa shape index (κ1) is 28.1. The molecule has 0 fully saturated rings. The number of fused-ring (bicyclic) bond motifs is 1. The molecule has 0 aliphatic carbocycles. The number of nitrogens with zero attached hydrogens (tertiary/aromatic N) is 1. The average Bonchev–Trinajstić information content (AvgIpc) is 3.25. The molecule has 5 aromatic rings. The number of methoxy groups -OCH3 is 1. The summed E-state index contributed by atoms with van der Waals surface area (Å²) in [6.45, 7) is 0. The van der Waals surface area contributed by atoms with E-state index in [1.807, 2.05) is 91.0 Å². The van der Waals surface area contributed by atoms with Crippen LogP contribution >= 0.6 is 0 Å². The van der Waals surface area contributed by atoms with Crippen molar-refractivity contribution in [3.05, 3.63) is 161 Å². The minimum Gasteiger partial charge on any atom is -0.497 e. The van der Waals surface area contributed by atoms with E-state index in [-0.39, 0.29) is 5.56 Å². The van der Waals surface area contributed by atoms with Crippen molar-refractivity contribution >= 4 is 11.6 Å². The predicted molar refractivity (Wildman–Crippen MR) is 158 cm³/mol. The molecule has 0 saturated carbocycles. The van der Waals surface area contributed by atoms with Crippen molar-refractivity contribution < 1.29 is 27.4 Å². The van der Waals surface area contributed by atoms with E-state index in [4.69, 9.17) is 10.5 Å². The van der Waals surface area contributed by atoms with E-state index < -0.39 is 29.1 Å². The van der Waals surface area contributed by atoms with Gasteiger partial charge in [-0.3, -0.25) is 9.69 Å². The van der Waals surface area contributed by atoms with Gasteiger partial charge in [-0.1, -0.05) is 103 Å². The molecule has 216 valence electrons. The van der Waals surface area contributed by atoms with Crippen LogP contribution in [-0.2, 0) is 15.9 Å². The number of rotatable bonds is 7. The number of hydrogen-bond donors (Lipinski definition) is 1. The maximum Gasteiger partial charge on any atom is 0.573 e. The summed E-state index contributed by atoms with van der Waals surface area (Å²) in [5.74, 6) is -0.460. The molecule has 43 heavy (non-hydrogen) atoms. The van der Waals surface area contributed by atoms with Crippen LogP contribution in [0.15, 0.2) is 133 Å². The summed E-state index contributed by atoms with van der Waals surface area (Å²) in [5.41, 5.74) is 7.21. The van der Waals surface area contributed by atoms with E-state index in [1.54, 1.807) is 29.2 Å². The largest absolute Gasteiger partial charge is 0.573 e. The van der Waals surface area contributed by atoms with Crippen molar-refractivity contribution in [2.75, 3.05) is 12.0 Å². The quantitative estimate of drug-likeness (QED) is 0.208. The van der Waals surface area contributed by atoms with Gasteiger partial charge in [0.15, 0.2) is 0 Å². The number of carbonyl (C=O) groups excluding carboxylic acids is 1. The highest BCUT2D eigenvalue weighted by atomic mass is 19.4. The highest BCUT2D eigenvalue weighted by molar-refractivity contribution is 6.12. The minimum atomic E-state index is -4.93. The van der Waals surface area contributed by atoms with Gasteiger partial charge < -0.3 is 15.2 Å². The standard InChI is InChI=1S/C35H27F3N2O3/c1-42-28-19-17-24(18-20-28)33(39)30-23-29(43-35(36,37)38)21-22-31(30)40(32(33)41)34(25-11-5-2-6-12-25,26-13-7-3-8-14-26)27-15-9-4-10-16-27/h2-23H,39H2,1H3/t33-/m1/s1. The molecule has 0 saturated heterocycles. The Labute approximate surface area is 246 Å². The number of amides is 1. The molecule has 1 amide bonds. The Hall–Kier alpha value is -5.08. The van der Waals surface area contributed by atoms with Gasteiger partial charge in [-0.2, -0.15) is 0 Å². The number of nitrogens with two attached hydrogens (primary N) is 1. The van der Waals surface area contributed by atoms with Crippen LogP contribution in [0.1, 0.15) is 27.8 Å². The molecule has 1 aliphatic heterocycles. The third kappa shape index (κ3) is 4.60. The van der Waals surface area contributed by atoms with Crippen LogP contribution in [0.2, 0.25) is 0 Å². The number of alkyl halides is 3. The fourth-order valence-corrected chi connectivity index (χ4v) is 6.02. The molecule has 0 bridgehead atoms. The topological polar surface area (TPSA) is 64.8 Å². The lowest BCUT2D eigenvalue weighted by atomic mass is 9.75. The van der Waals surface area contributed by atoms with Crippen LogP contribution in [-0.4, -0.2) is 19.4 Å². The van der Waals surface area contributed by atoms with Crippen molar-refractivity contribution in [3.8, 4) is 11.5 Å². The summed E-state index contributed by atoms with van der Waals surface area (Å²) in [7, 11) is 1.51. The van der Waals surface area contributed by atoms with E-state index in [1.165, 1.54) is 25.3 Å². The summed E-state index contributed by atoms with van der Waals surface area (Å²) < 4.78 is 49.7. The lowest BCUT2D eigenvalue weighted by Crippen LogP contribution is -2.56. The number of anilines is 1. The summed E-state index contributed by atoms with van der Waals surface area (Å²) in [4.78, 5) is 16.7. The Morgan fingerprint density at radius 2 is 1.14 bits per heavy atom. The van der Waals surface area contributed by atoms with E-state index in [2.05, 4.69) is 4.74 Å². The third-order valence-electron chi connectivity index (χ3n) is 7.86. The van der Waals surface area contributed by atoms with Crippen LogP contribution in [0.4, 0.5) is 18.9 Å². The van der Waals surface area contributed by atoms with E-state index >= 15 is 4.79 Å². The first-order chi connectivity index (χ1) is 20.7. The maximum atomic E-state index is 15.1. The zero-order valence-electron chi connectivity index (χ0n) is 23.1. The first-order valence-electron chi connectivity index (χ1n) is 13.5. The Morgan fingerprint density at radius 1 is 0.674 bits per heavy atom. The molecular weight excluding hydrogens is 553 g/mol. The molecule has 5 nitrogen and oxygen atoms in total. The summed E-state index contributed by atoms with van der Waals surface area (Å²) in [6, 6.07) is 39.0. The van der Waals surface area contributed by atoms with Gasteiger partial charge in [0, 0.05) is 5.56 Å². The van der Waals surface area contributed by atoms with Gasteiger partial charge in [0.25, 0.3) is 5.91 Å². The normalized spacial score (nSPS) is 16.6. The zero-order chi connectivity index (χ0) is 30.2. The summed E-state index contributed by atoms with van der Waals surface area (Å²) in [5, 5.41) is 0. The van der Waals surface area contributed by atoms with Crippen molar-refractivity contribution in [2.24, 2.45) is 5.73 Å². The Morgan fingerprint density at radius 3 is 1.58 bits per heavy atom. The third-order valence-corrected chi connectivity index (χ3v) is 7.86. The lowest BCUT2D eigenvalue weighted by molar-refractivity contribution is -0.274. The molecular formula is C35H27F3N2O3. The molecule has 0 aromatic heterocycles. The molecule has 1 atom stereocenters. The zero-order valence-corrected chi connectivity index (χ0v) is 23.1. The maximum absolute atomic E-state index is 15.1. The second kappa shape index (κ2) is 10.6. The first-order valence-corrected chi connectivity index (χ1v) is 13.5. The molecule has 5 aromatic carbocycles. The lowest BCUT2D eigenvalue weighted by Gasteiger charge is -2.44. The molecule has 1 heterocycles. The Kier molecular flexibility index (Phi) is 6.94. The van der Waals surface area contributed by atoms with Crippen molar-refractivity contribution in [2.45, 2.75) is 17.4 Å². The van der Waals surface area contributed by atoms with Crippen LogP contribution in [0.25, 0.3) is 0 Å². The fraction of sp³-hybridized carbons (Fsp3) is 0.114. The number of carbonyl (C=O) groups is 1. The van der Waals surface area contributed by atoms with E-state index in [0.717, 1.165) is 16.7 Å². The second-order valence-corrected chi connectivity index (χ2v) is 10.2. The van der Waals surface area contributed by atoms with Gasteiger partial charge in [-0.15, -0.1) is 13.2 Å². The molecule has 0 radical (unpaired) electrons. The van der Waals surface area contributed by atoms with Crippen molar-refractivity contribution in [1.82, 2.24) is 0 Å². The van der Waals surface area contributed by atoms with Crippen LogP contribution < -0.4 is 20.1 Å². The molecule has 0 spiro atoms.